The van der Waals surface area contributed by atoms with E-state index >= 15 is 0 Å². The number of nitrogens with zero attached hydrogens (tertiary/aromatic N) is 5. The Bertz CT molecular complexity index is 796. The number of tetrazole rings is 1. The average molecular weight is 360 g/mol. The molecule has 0 saturated heterocycles. The van der Waals surface area contributed by atoms with Crippen LogP contribution in [0.5, 0.6) is 0 Å². The number of aliphatic imine (C=N–C) groups is 1. The molecule has 0 spiro atoms. The summed E-state index contributed by atoms with van der Waals surface area (Å²) in [5.74, 6) is 0.717. The van der Waals surface area contributed by atoms with Gasteiger partial charge in [0.25, 0.3) is 0 Å². The molecule has 7 heteroatoms. The third kappa shape index (κ3) is 2.22. The minimum Gasteiger partial charge on any atom is -0.251 e. The van der Waals surface area contributed by atoms with Crippen LogP contribution in [0.25, 0.3) is 0 Å². The summed E-state index contributed by atoms with van der Waals surface area (Å²) >= 11 is 5.33. The van der Waals surface area contributed by atoms with Gasteiger partial charge in [0.05, 0.1) is 11.4 Å². The molecule has 0 fully saturated rings. The molecule has 5 nitrogen and oxygen atoms in total. The van der Waals surface area contributed by atoms with Gasteiger partial charge in [0, 0.05) is 0 Å². The van der Waals surface area contributed by atoms with Crippen LogP contribution < -0.4 is 0 Å². The third-order valence-corrected chi connectivity index (χ3v) is 5.07. The van der Waals surface area contributed by atoms with E-state index in [1.54, 1.807) is 16.0 Å². The van der Waals surface area contributed by atoms with E-state index in [1.165, 1.54) is 0 Å². The molecular formula is C14H10BrN5S. The van der Waals surface area contributed by atoms with E-state index in [1.807, 2.05) is 29.6 Å². The molecule has 0 radical (unpaired) electrons. The number of benzene rings is 1. The molecule has 3 aromatic rings. The first-order valence-corrected chi connectivity index (χ1v) is 8.08. The van der Waals surface area contributed by atoms with E-state index in [0.717, 1.165) is 22.0 Å². The van der Waals surface area contributed by atoms with Gasteiger partial charge in [-0.25, -0.2) is 4.68 Å². The van der Waals surface area contributed by atoms with Crippen LogP contribution in [0.3, 0.4) is 0 Å². The van der Waals surface area contributed by atoms with E-state index in [2.05, 4.69) is 54.6 Å². The van der Waals surface area contributed by atoms with Crippen LogP contribution in [-0.2, 0) is 11.0 Å². The van der Waals surface area contributed by atoms with Gasteiger partial charge in [-0.15, -0.1) is 16.4 Å². The lowest BCUT2D eigenvalue weighted by atomic mass is 10.2. The average Bonchev–Trinajstić information content (AvgIpc) is 2.95. The Balaban J connectivity index is 1.62. The van der Waals surface area contributed by atoms with Crippen LogP contribution in [0, 0.1) is 0 Å². The van der Waals surface area contributed by atoms with E-state index in [4.69, 9.17) is 0 Å². The fourth-order valence-corrected chi connectivity index (χ4v) is 3.79. The minimum absolute atomic E-state index is 0.573. The molecule has 21 heavy (non-hydrogen) atoms. The first-order chi connectivity index (χ1) is 10.3. The van der Waals surface area contributed by atoms with Crippen molar-refractivity contribution < 1.29 is 0 Å². The summed E-state index contributed by atoms with van der Waals surface area (Å²) in [4.78, 5) is 5.69. The normalized spacial score (nSPS) is 20.3. The highest BCUT2D eigenvalue weighted by Gasteiger charge is 2.52. The molecule has 1 aliphatic heterocycles. The number of alkyl halides is 1. The molecule has 2 aromatic heterocycles. The standard InChI is InChI=1S/C14H10BrN5S/c15-14(12(16-14)11-7-4-8-21-11)13-17-18-19-20(13)9-10-5-2-1-3-6-10/h1-8H,9H2. The third-order valence-electron chi connectivity index (χ3n) is 3.29. The summed E-state index contributed by atoms with van der Waals surface area (Å²) in [5, 5.41) is 14.1. The van der Waals surface area contributed by atoms with Crippen LogP contribution in [0.4, 0.5) is 0 Å². The molecule has 0 amide bonds. The summed E-state index contributed by atoms with van der Waals surface area (Å²) in [6, 6.07) is 14.2. The quantitative estimate of drug-likeness (QED) is 0.531. The summed E-state index contributed by atoms with van der Waals surface area (Å²) in [6.45, 7) is 0.629. The molecule has 1 atom stereocenters. The van der Waals surface area contributed by atoms with Gasteiger partial charge in [0.15, 0.2) is 5.82 Å². The first-order valence-electron chi connectivity index (χ1n) is 6.41. The fraction of sp³-hybridized carbons (Fsp3) is 0.143. The molecule has 0 bridgehead atoms. The second-order valence-corrected chi connectivity index (χ2v) is 6.80. The van der Waals surface area contributed by atoms with Crippen molar-refractivity contribution in [2.75, 3.05) is 0 Å². The van der Waals surface area contributed by atoms with E-state index in [9.17, 15) is 0 Å². The Hall–Kier alpha value is -1.86. The maximum absolute atomic E-state index is 4.55. The second-order valence-electron chi connectivity index (χ2n) is 4.71. The van der Waals surface area contributed by atoms with E-state index < -0.39 is 4.45 Å². The fourth-order valence-electron chi connectivity index (χ4n) is 2.22. The molecule has 104 valence electrons. The van der Waals surface area contributed by atoms with E-state index in [-0.39, 0.29) is 0 Å². The number of aromatic nitrogens is 4. The Morgan fingerprint density at radius 3 is 2.76 bits per heavy atom. The molecular weight excluding hydrogens is 350 g/mol. The Labute approximate surface area is 133 Å². The Morgan fingerprint density at radius 1 is 1.14 bits per heavy atom. The van der Waals surface area contributed by atoms with Gasteiger partial charge in [0.1, 0.15) is 5.71 Å². The molecule has 1 aromatic carbocycles. The molecule has 0 N–H and O–H groups in total. The highest BCUT2D eigenvalue weighted by molar-refractivity contribution is 9.10. The van der Waals surface area contributed by atoms with Crippen LogP contribution in [0.2, 0.25) is 0 Å². The Morgan fingerprint density at radius 2 is 2.00 bits per heavy atom. The molecule has 1 unspecified atom stereocenters. The van der Waals surface area contributed by atoms with Crippen molar-refractivity contribution in [1.82, 2.24) is 20.2 Å². The lowest BCUT2D eigenvalue weighted by molar-refractivity contribution is 0.615. The zero-order valence-electron chi connectivity index (χ0n) is 10.8. The van der Waals surface area contributed by atoms with Gasteiger partial charge in [-0.2, -0.15) is 0 Å². The predicted molar refractivity (Wildman–Crippen MR) is 84.8 cm³/mol. The van der Waals surface area contributed by atoms with Crippen molar-refractivity contribution in [2.24, 2.45) is 4.99 Å². The van der Waals surface area contributed by atoms with Gasteiger partial charge >= 0.3 is 0 Å². The molecule has 0 aliphatic carbocycles. The topological polar surface area (TPSA) is 56.0 Å². The Kier molecular flexibility index (Phi) is 2.97. The number of hydrogen-bond acceptors (Lipinski definition) is 5. The van der Waals surface area contributed by atoms with Crippen molar-refractivity contribution in [1.29, 1.82) is 0 Å². The lowest BCUT2D eigenvalue weighted by Crippen LogP contribution is -2.17. The zero-order valence-corrected chi connectivity index (χ0v) is 13.3. The van der Waals surface area contributed by atoms with Crippen LogP contribution in [0.1, 0.15) is 16.3 Å². The smallest absolute Gasteiger partial charge is 0.219 e. The maximum Gasteiger partial charge on any atom is 0.219 e. The number of halogens is 1. The molecule has 4 rings (SSSR count). The van der Waals surface area contributed by atoms with Gasteiger partial charge < -0.3 is 0 Å². The lowest BCUT2D eigenvalue weighted by Gasteiger charge is -2.08. The summed E-state index contributed by atoms with van der Waals surface area (Å²) < 4.78 is 1.21. The second kappa shape index (κ2) is 4.85. The molecule has 0 saturated carbocycles. The van der Waals surface area contributed by atoms with E-state index in [0.29, 0.717) is 6.54 Å². The van der Waals surface area contributed by atoms with Gasteiger partial charge in [-0.3, -0.25) is 4.99 Å². The highest BCUT2D eigenvalue weighted by atomic mass is 79.9. The van der Waals surface area contributed by atoms with Gasteiger partial charge in [-0.05, 0) is 43.4 Å². The number of thiophene rings is 1. The van der Waals surface area contributed by atoms with Crippen molar-refractivity contribution in [3.05, 3.63) is 64.1 Å². The number of hydrogen-bond donors (Lipinski definition) is 0. The van der Waals surface area contributed by atoms with Crippen molar-refractivity contribution in [3.8, 4) is 0 Å². The highest BCUT2D eigenvalue weighted by Crippen LogP contribution is 2.47. The SMILES string of the molecule is BrC1(c2nnnn2Cc2ccccc2)N=C1c1cccs1. The predicted octanol–water partition coefficient (Wildman–Crippen LogP) is 2.83. The molecule has 1 aliphatic rings. The first kappa shape index (κ1) is 12.8. The van der Waals surface area contributed by atoms with Crippen molar-refractivity contribution >= 4 is 33.0 Å². The minimum atomic E-state index is -0.573. The van der Waals surface area contributed by atoms with Gasteiger partial charge in [0.2, 0.25) is 4.45 Å². The molecule has 3 heterocycles. The van der Waals surface area contributed by atoms with Crippen molar-refractivity contribution in [3.63, 3.8) is 0 Å². The van der Waals surface area contributed by atoms with Crippen LogP contribution in [0.15, 0.2) is 52.8 Å². The van der Waals surface area contributed by atoms with Crippen LogP contribution >= 0.6 is 27.3 Å². The monoisotopic (exact) mass is 359 g/mol. The zero-order chi connectivity index (χ0) is 14.3. The largest absolute Gasteiger partial charge is 0.251 e. The van der Waals surface area contributed by atoms with Crippen LogP contribution in [-0.4, -0.2) is 25.9 Å². The van der Waals surface area contributed by atoms with Crippen molar-refractivity contribution in [2.45, 2.75) is 11.0 Å². The van der Waals surface area contributed by atoms with Gasteiger partial charge in [-0.1, -0.05) is 36.4 Å². The maximum atomic E-state index is 4.55. The number of rotatable bonds is 4. The summed E-state index contributed by atoms with van der Waals surface area (Å²) in [5.41, 5.74) is 2.14. The summed E-state index contributed by atoms with van der Waals surface area (Å²) in [6.07, 6.45) is 0. The summed E-state index contributed by atoms with van der Waals surface area (Å²) in [7, 11) is 0.